The van der Waals surface area contributed by atoms with Gasteiger partial charge in [0.15, 0.2) is 5.13 Å². The van der Waals surface area contributed by atoms with Crippen LogP contribution in [0.1, 0.15) is 16.1 Å². The van der Waals surface area contributed by atoms with Crippen molar-refractivity contribution < 1.29 is 9.59 Å². The molecule has 3 amide bonds. The average molecular weight is 387 g/mol. The Labute approximate surface area is 159 Å². The molecule has 0 aliphatic rings. The standard InChI is InChI=1S/C18H15ClN4O2S/c19-13-6-8-14(9-7-13)21-17(25)23-18-22-15(11-26-18)16(24)20-10-12-4-2-1-3-5-12/h1-9,11H,10H2,(H,20,24)(H2,21,22,23,25). The Morgan fingerprint density at radius 1 is 1.00 bits per heavy atom. The van der Waals surface area contributed by atoms with E-state index in [9.17, 15) is 9.59 Å². The van der Waals surface area contributed by atoms with E-state index < -0.39 is 6.03 Å². The molecule has 132 valence electrons. The fourth-order valence-corrected chi connectivity index (χ4v) is 2.91. The van der Waals surface area contributed by atoms with Gasteiger partial charge >= 0.3 is 6.03 Å². The van der Waals surface area contributed by atoms with Crippen molar-refractivity contribution in [2.24, 2.45) is 0 Å². The summed E-state index contributed by atoms with van der Waals surface area (Å²) in [5.41, 5.74) is 1.86. The number of carbonyl (C=O) groups is 2. The fourth-order valence-electron chi connectivity index (χ4n) is 2.10. The van der Waals surface area contributed by atoms with Crippen LogP contribution in [0.15, 0.2) is 60.0 Å². The zero-order valence-corrected chi connectivity index (χ0v) is 15.1. The van der Waals surface area contributed by atoms with Gasteiger partial charge in [-0.1, -0.05) is 41.9 Å². The number of hydrogen-bond acceptors (Lipinski definition) is 4. The molecule has 0 saturated carbocycles. The third kappa shape index (κ3) is 5.05. The van der Waals surface area contributed by atoms with Crippen LogP contribution in [0.25, 0.3) is 0 Å². The first-order chi connectivity index (χ1) is 12.6. The molecular weight excluding hydrogens is 372 g/mol. The summed E-state index contributed by atoms with van der Waals surface area (Å²) in [6, 6.07) is 15.9. The largest absolute Gasteiger partial charge is 0.347 e. The van der Waals surface area contributed by atoms with Crippen LogP contribution < -0.4 is 16.0 Å². The minimum absolute atomic E-state index is 0.257. The van der Waals surface area contributed by atoms with Crippen molar-refractivity contribution in [1.82, 2.24) is 10.3 Å². The molecule has 1 heterocycles. The molecule has 0 spiro atoms. The molecule has 6 nitrogen and oxygen atoms in total. The van der Waals surface area contributed by atoms with Gasteiger partial charge in [-0.05, 0) is 29.8 Å². The highest BCUT2D eigenvalue weighted by atomic mass is 35.5. The molecule has 0 unspecified atom stereocenters. The molecule has 0 aliphatic heterocycles. The van der Waals surface area contributed by atoms with Crippen LogP contribution in [0, 0.1) is 0 Å². The number of amides is 3. The number of benzene rings is 2. The number of hydrogen-bond donors (Lipinski definition) is 3. The predicted octanol–water partition coefficient (Wildman–Crippen LogP) is 4.37. The van der Waals surface area contributed by atoms with E-state index in [2.05, 4.69) is 20.9 Å². The SMILES string of the molecule is O=C(Nc1ccc(Cl)cc1)Nc1nc(C(=O)NCc2ccccc2)cs1. The molecule has 3 rings (SSSR count). The Kier molecular flexibility index (Phi) is 5.83. The number of halogens is 1. The summed E-state index contributed by atoms with van der Waals surface area (Å²) >= 11 is 6.98. The van der Waals surface area contributed by atoms with Gasteiger partial charge in [0, 0.05) is 22.6 Å². The number of thiazole rings is 1. The normalized spacial score (nSPS) is 10.2. The third-order valence-electron chi connectivity index (χ3n) is 3.36. The molecule has 0 saturated heterocycles. The van der Waals surface area contributed by atoms with Crippen LogP contribution in [0.5, 0.6) is 0 Å². The topological polar surface area (TPSA) is 83.1 Å². The van der Waals surface area contributed by atoms with Crippen LogP contribution >= 0.6 is 22.9 Å². The summed E-state index contributed by atoms with van der Waals surface area (Å²) in [7, 11) is 0. The van der Waals surface area contributed by atoms with E-state index in [0.29, 0.717) is 22.4 Å². The molecule has 2 aromatic carbocycles. The Balaban J connectivity index is 1.52. The first kappa shape index (κ1) is 17.9. The Morgan fingerprint density at radius 3 is 2.46 bits per heavy atom. The van der Waals surface area contributed by atoms with E-state index in [-0.39, 0.29) is 11.6 Å². The van der Waals surface area contributed by atoms with E-state index in [1.165, 1.54) is 11.3 Å². The second-order valence-electron chi connectivity index (χ2n) is 5.29. The highest BCUT2D eigenvalue weighted by Gasteiger charge is 2.12. The Morgan fingerprint density at radius 2 is 1.73 bits per heavy atom. The fraction of sp³-hybridized carbons (Fsp3) is 0.0556. The third-order valence-corrected chi connectivity index (χ3v) is 4.36. The lowest BCUT2D eigenvalue weighted by Crippen LogP contribution is -2.23. The van der Waals surface area contributed by atoms with Crippen LogP contribution in [0.2, 0.25) is 5.02 Å². The second kappa shape index (κ2) is 8.46. The first-order valence-electron chi connectivity index (χ1n) is 7.71. The summed E-state index contributed by atoms with van der Waals surface area (Å²) < 4.78 is 0. The second-order valence-corrected chi connectivity index (χ2v) is 6.59. The van der Waals surface area contributed by atoms with Crippen LogP contribution in [-0.4, -0.2) is 16.9 Å². The summed E-state index contributed by atoms with van der Waals surface area (Å²) in [5.74, 6) is -0.295. The smallest absolute Gasteiger partial charge is 0.325 e. The number of nitrogens with one attached hydrogen (secondary N) is 3. The predicted molar refractivity (Wildman–Crippen MR) is 104 cm³/mol. The van der Waals surface area contributed by atoms with Gasteiger partial charge in [-0.3, -0.25) is 10.1 Å². The Bertz CT molecular complexity index is 897. The number of aromatic nitrogens is 1. The molecule has 0 radical (unpaired) electrons. The number of anilines is 2. The summed E-state index contributed by atoms with van der Waals surface area (Å²) in [4.78, 5) is 28.2. The van der Waals surface area contributed by atoms with Crippen molar-refractivity contribution >= 4 is 45.7 Å². The lowest BCUT2D eigenvalue weighted by molar-refractivity contribution is 0.0946. The van der Waals surface area contributed by atoms with Crippen LogP contribution in [-0.2, 0) is 6.54 Å². The van der Waals surface area contributed by atoms with Gasteiger partial charge in [0.25, 0.3) is 5.91 Å². The van der Waals surface area contributed by atoms with Gasteiger partial charge in [0.1, 0.15) is 5.69 Å². The molecule has 1 aromatic heterocycles. The van der Waals surface area contributed by atoms with Gasteiger partial charge < -0.3 is 10.6 Å². The van der Waals surface area contributed by atoms with Crippen LogP contribution in [0.3, 0.4) is 0 Å². The molecule has 0 fully saturated rings. The lowest BCUT2D eigenvalue weighted by atomic mass is 10.2. The maximum absolute atomic E-state index is 12.1. The molecule has 26 heavy (non-hydrogen) atoms. The summed E-state index contributed by atoms with van der Waals surface area (Å²) in [5, 5.41) is 10.6. The zero-order chi connectivity index (χ0) is 18.4. The van der Waals surface area contributed by atoms with Crippen molar-refractivity contribution in [3.63, 3.8) is 0 Å². The van der Waals surface area contributed by atoms with Gasteiger partial charge in [0.05, 0.1) is 0 Å². The van der Waals surface area contributed by atoms with Crippen LogP contribution in [0.4, 0.5) is 15.6 Å². The molecule has 3 aromatic rings. The van der Waals surface area contributed by atoms with Crippen molar-refractivity contribution in [2.45, 2.75) is 6.54 Å². The highest BCUT2D eigenvalue weighted by molar-refractivity contribution is 7.14. The van der Waals surface area contributed by atoms with E-state index in [1.54, 1.807) is 29.6 Å². The molecule has 0 bridgehead atoms. The van der Waals surface area contributed by atoms with Crippen molar-refractivity contribution in [2.75, 3.05) is 10.6 Å². The van der Waals surface area contributed by atoms with Crippen molar-refractivity contribution in [3.05, 3.63) is 76.3 Å². The molecule has 0 aliphatic carbocycles. The number of nitrogens with zero attached hydrogens (tertiary/aromatic N) is 1. The maximum Gasteiger partial charge on any atom is 0.325 e. The molecular formula is C18H15ClN4O2S. The number of rotatable bonds is 5. The number of urea groups is 1. The monoisotopic (exact) mass is 386 g/mol. The van der Waals surface area contributed by atoms with Crippen molar-refractivity contribution in [1.29, 1.82) is 0 Å². The minimum atomic E-state index is -0.446. The molecule has 8 heteroatoms. The zero-order valence-electron chi connectivity index (χ0n) is 13.5. The lowest BCUT2D eigenvalue weighted by Gasteiger charge is -2.05. The van der Waals surface area contributed by atoms with Crippen molar-refractivity contribution in [3.8, 4) is 0 Å². The number of carbonyl (C=O) groups excluding carboxylic acids is 2. The molecule has 0 atom stereocenters. The van der Waals surface area contributed by atoms with E-state index in [0.717, 1.165) is 5.56 Å². The van der Waals surface area contributed by atoms with E-state index in [1.807, 2.05) is 30.3 Å². The van der Waals surface area contributed by atoms with Gasteiger partial charge in [-0.2, -0.15) is 0 Å². The van der Waals surface area contributed by atoms with Gasteiger partial charge in [0.2, 0.25) is 0 Å². The first-order valence-corrected chi connectivity index (χ1v) is 8.97. The summed E-state index contributed by atoms with van der Waals surface area (Å²) in [6.45, 7) is 0.414. The summed E-state index contributed by atoms with van der Waals surface area (Å²) in [6.07, 6.45) is 0. The molecule has 3 N–H and O–H groups in total. The average Bonchev–Trinajstić information content (AvgIpc) is 3.11. The van der Waals surface area contributed by atoms with E-state index in [4.69, 9.17) is 11.6 Å². The van der Waals surface area contributed by atoms with E-state index >= 15 is 0 Å². The Hall–Kier alpha value is -2.90. The highest BCUT2D eigenvalue weighted by Crippen LogP contribution is 2.17. The minimum Gasteiger partial charge on any atom is -0.347 e. The van der Waals surface area contributed by atoms with Gasteiger partial charge in [-0.25, -0.2) is 9.78 Å². The maximum atomic E-state index is 12.1. The van der Waals surface area contributed by atoms with Gasteiger partial charge in [-0.15, -0.1) is 11.3 Å². The quantitative estimate of drug-likeness (QED) is 0.608.